The van der Waals surface area contributed by atoms with E-state index < -0.39 is 0 Å². The smallest absolute Gasteiger partial charge is 0.123 e. The van der Waals surface area contributed by atoms with Crippen molar-refractivity contribution in [1.82, 2.24) is 9.80 Å². The van der Waals surface area contributed by atoms with Crippen molar-refractivity contribution >= 4 is 15.9 Å². The van der Waals surface area contributed by atoms with E-state index in [1.807, 2.05) is 12.1 Å². The van der Waals surface area contributed by atoms with E-state index in [0.717, 1.165) is 50.8 Å². The molecule has 0 aliphatic carbocycles. The second-order valence-electron chi connectivity index (χ2n) is 6.32. The van der Waals surface area contributed by atoms with Gasteiger partial charge in [0, 0.05) is 49.3 Å². The number of benzene rings is 2. The number of methoxy groups -OCH3 is 2. The van der Waals surface area contributed by atoms with Crippen molar-refractivity contribution in [2.45, 2.75) is 13.1 Å². The summed E-state index contributed by atoms with van der Waals surface area (Å²) in [5, 5.41) is 0. The number of halogens is 1. The van der Waals surface area contributed by atoms with Crippen molar-refractivity contribution in [3.05, 3.63) is 58.1 Å². The summed E-state index contributed by atoms with van der Waals surface area (Å²) in [5.41, 5.74) is 2.53. The third-order valence-electron chi connectivity index (χ3n) is 4.70. The average Bonchev–Trinajstić information content (AvgIpc) is 2.65. The molecule has 3 rings (SSSR count). The van der Waals surface area contributed by atoms with E-state index in [0.29, 0.717) is 0 Å². The Morgan fingerprint density at radius 3 is 2.08 bits per heavy atom. The van der Waals surface area contributed by atoms with Crippen LogP contribution in [0.5, 0.6) is 11.5 Å². The van der Waals surface area contributed by atoms with Crippen molar-refractivity contribution in [2.24, 2.45) is 0 Å². The number of nitrogens with zero attached hydrogens (tertiary/aromatic N) is 2. The summed E-state index contributed by atoms with van der Waals surface area (Å²) in [5.74, 6) is 1.81. The van der Waals surface area contributed by atoms with Gasteiger partial charge in [-0.25, -0.2) is 0 Å². The van der Waals surface area contributed by atoms with Crippen LogP contribution in [0.4, 0.5) is 0 Å². The lowest BCUT2D eigenvalue weighted by Gasteiger charge is -2.35. The quantitative estimate of drug-likeness (QED) is 0.730. The molecule has 0 radical (unpaired) electrons. The van der Waals surface area contributed by atoms with Crippen LogP contribution < -0.4 is 9.47 Å². The molecule has 0 N–H and O–H groups in total. The van der Waals surface area contributed by atoms with E-state index in [2.05, 4.69) is 56.1 Å². The fourth-order valence-electron chi connectivity index (χ4n) is 3.22. The molecule has 1 aliphatic heterocycles. The molecule has 0 bridgehead atoms. The lowest BCUT2D eigenvalue weighted by molar-refractivity contribution is 0.121. The largest absolute Gasteiger partial charge is 0.497 e. The number of piperazine rings is 1. The fourth-order valence-corrected chi connectivity index (χ4v) is 3.63. The maximum absolute atomic E-state index is 5.50. The number of hydrogen-bond donors (Lipinski definition) is 0. The standard InChI is InChI=1S/C20H25BrN2O2/c1-24-18-7-8-20(25-2)17(13-18)15-23-11-9-22(10-12-23)14-16-5-3-4-6-19(16)21/h3-8,13H,9-12,14-15H2,1-2H3. The van der Waals surface area contributed by atoms with Crippen LogP contribution in [0.1, 0.15) is 11.1 Å². The van der Waals surface area contributed by atoms with Crippen LogP contribution >= 0.6 is 15.9 Å². The molecule has 0 amide bonds. The molecule has 1 saturated heterocycles. The lowest BCUT2D eigenvalue weighted by Crippen LogP contribution is -2.45. The zero-order chi connectivity index (χ0) is 17.6. The molecule has 0 spiro atoms. The summed E-state index contributed by atoms with van der Waals surface area (Å²) >= 11 is 3.65. The van der Waals surface area contributed by atoms with E-state index in [4.69, 9.17) is 9.47 Å². The monoisotopic (exact) mass is 404 g/mol. The van der Waals surface area contributed by atoms with Gasteiger partial charge in [-0.1, -0.05) is 34.1 Å². The Kier molecular flexibility index (Phi) is 6.34. The normalized spacial score (nSPS) is 16.0. The van der Waals surface area contributed by atoms with Gasteiger partial charge < -0.3 is 9.47 Å². The van der Waals surface area contributed by atoms with E-state index in [9.17, 15) is 0 Å². The Morgan fingerprint density at radius 2 is 1.48 bits per heavy atom. The minimum atomic E-state index is 0.878. The highest BCUT2D eigenvalue weighted by atomic mass is 79.9. The van der Waals surface area contributed by atoms with Gasteiger partial charge in [0.15, 0.2) is 0 Å². The summed E-state index contributed by atoms with van der Waals surface area (Å²) < 4.78 is 12.0. The van der Waals surface area contributed by atoms with Crippen LogP contribution in [-0.4, -0.2) is 50.2 Å². The second kappa shape index (κ2) is 8.70. The summed E-state index contributed by atoms with van der Waals surface area (Å²) in [6, 6.07) is 14.5. The first kappa shape index (κ1) is 18.2. The highest BCUT2D eigenvalue weighted by Crippen LogP contribution is 2.26. The van der Waals surface area contributed by atoms with Gasteiger partial charge >= 0.3 is 0 Å². The van der Waals surface area contributed by atoms with E-state index in [1.54, 1.807) is 14.2 Å². The maximum Gasteiger partial charge on any atom is 0.123 e. The third kappa shape index (κ3) is 4.75. The Bertz CT molecular complexity index is 700. The topological polar surface area (TPSA) is 24.9 Å². The van der Waals surface area contributed by atoms with E-state index in [-0.39, 0.29) is 0 Å². The van der Waals surface area contributed by atoms with Crippen LogP contribution in [0.3, 0.4) is 0 Å². The molecule has 134 valence electrons. The number of ether oxygens (including phenoxy) is 2. The van der Waals surface area contributed by atoms with Gasteiger partial charge in [-0.3, -0.25) is 9.80 Å². The van der Waals surface area contributed by atoms with Crippen molar-refractivity contribution in [1.29, 1.82) is 0 Å². The molecule has 0 atom stereocenters. The third-order valence-corrected chi connectivity index (χ3v) is 5.47. The van der Waals surface area contributed by atoms with Crippen molar-refractivity contribution < 1.29 is 9.47 Å². The number of hydrogen-bond acceptors (Lipinski definition) is 4. The zero-order valence-corrected chi connectivity index (χ0v) is 16.5. The molecule has 0 saturated carbocycles. The first-order valence-corrected chi connectivity index (χ1v) is 9.38. The Balaban J connectivity index is 1.57. The van der Waals surface area contributed by atoms with Crippen LogP contribution in [0.2, 0.25) is 0 Å². The highest BCUT2D eigenvalue weighted by Gasteiger charge is 2.19. The molecule has 0 aromatic heterocycles. The summed E-state index contributed by atoms with van der Waals surface area (Å²) in [6.45, 7) is 6.16. The summed E-state index contributed by atoms with van der Waals surface area (Å²) in [6.07, 6.45) is 0. The predicted octanol–water partition coefficient (Wildman–Crippen LogP) is 3.78. The molecule has 4 nitrogen and oxygen atoms in total. The van der Waals surface area contributed by atoms with Gasteiger partial charge in [0.2, 0.25) is 0 Å². The summed E-state index contributed by atoms with van der Waals surface area (Å²) in [4.78, 5) is 4.99. The molecule has 1 aliphatic rings. The lowest BCUT2D eigenvalue weighted by atomic mass is 10.1. The van der Waals surface area contributed by atoms with Gasteiger partial charge in [-0.05, 0) is 29.8 Å². The first-order chi connectivity index (χ1) is 12.2. The van der Waals surface area contributed by atoms with Crippen LogP contribution in [-0.2, 0) is 13.1 Å². The Hall–Kier alpha value is -1.56. The minimum absolute atomic E-state index is 0.878. The molecule has 0 unspecified atom stereocenters. The zero-order valence-electron chi connectivity index (χ0n) is 14.9. The van der Waals surface area contributed by atoms with Gasteiger partial charge in [0.1, 0.15) is 11.5 Å². The van der Waals surface area contributed by atoms with Gasteiger partial charge in [-0.15, -0.1) is 0 Å². The fraction of sp³-hybridized carbons (Fsp3) is 0.400. The second-order valence-corrected chi connectivity index (χ2v) is 7.18. The van der Waals surface area contributed by atoms with Gasteiger partial charge in [0.25, 0.3) is 0 Å². The molecular weight excluding hydrogens is 380 g/mol. The van der Waals surface area contributed by atoms with Crippen LogP contribution in [0.15, 0.2) is 46.9 Å². The molecule has 5 heteroatoms. The van der Waals surface area contributed by atoms with Crippen LogP contribution in [0.25, 0.3) is 0 Å². The molecule has 25 heavy (non-hydrogen) atoms. The molecule has 2 aromatic carbocycles. The summed E-state index contributed by atoms with van der Waals surface area (Å²) in [7, 11) is 3.42. The SMILES string of the molecule is COc1ccc(OC)c(CN2CCN(Cc3ccccc3Br)CC2)c1. The van der Waals surface area contributed by atoms with Crippen molar-refractivity contribution in [3.8, 4) is 11.5 Å². The highest BCUT2D eigenvalue weighted by molar-refractivity contribution is 9.10. The molecule has 1 heterocycles. The van der Waals surface area contributed by atoms with Crippen molar-refractivity contribution in [2.75, 3.05) is 40.4 Å². The Labute approximate surface area is 158 Å². The van der Waals surface area contributed by atoms with E-state index in [1.165, 1.54) is 15.6 Å². The van der Waals surface area contributed by atoms with Gasteiger partial charge in [-0.2, -0.15) is 0 Å². The Morgan fingerprint density at radius 1 is 0.840 bits per heavy atom. The number of rotatable bonds is 6. The molecule has 1 fully saturated rings. The maximum atomic E-state index is 5.50. The minimum Gasteiger partial charge on any atom is -0.497 e. The molecule has 2 aromatic rings. The van der Waals surface area contributed by atoms with Gasteiger partial charge in [0.05, 0.1) is 14.2 Å². The molecular formula is C20H25BrN2O2. The first-order valence-electron chi connectivity index (χ1n) is 8.58. The van der Waals surface area contributed by atoms with E-state index >= 15 is 0 Å². The van der Waals surface area contributed by atoms with Crippen molar-refractivity contribution in [3.63, 3.8) is 0 Å². The average molecular weight is 405 g/mol. The predicted molar refractivity (Wildman–Crippen MR) is 104 cm³/mol. The van der Waals surface area contributed by atoms with Crippen LogP contribution in [0, 0.1) is 0 Å².